The molecule has 2 aromatic rings. The van der Waals surface area contributed by atoms with Crippen molar-refractivity contribution in [3.63, 3.8) is 0 Å². The maximum atomic E-state index is 13.0. The van der Waals surface area contributed by atoms with Gasteiger partial charge in [-0.25, -0.2) is 4.39 Å². The van der Waals surface area contributed by atoms with Crippen LogP contribution >= 0.6 is 11.6 Å². The molecule has 0 spiro atoms. The van der Waals surface area contributed by atoms with E-state index in [0.717, 1.165) is 35.9 Å². The number of benzene rings is 2. The van der Waals surface area contributed by atoms with Gasteiger partial charge in [-0.05, 0) is 54.8 Å². The number of carbonyl (C=O) groups is 1. The lowest BCUT2D eigenvalue weighted by atomic mass is 10.0. The van der Waals surface area contributed by atoms with Crippen molar-refractivity contribution in [1.82, 2.24) is 0 Å². The van der Waals surface area contributed by atoms with Gasteiger partial charge in [-0.15, -0.1) is 0 Å². The predicted molar refractivity (Wildman–Crippen MR) is 90.6 cm³/mol. The first-order valence-electron chi connectivity index (χ1n) is 7.63. The number of halogens is 2. The molecule has 0 N–H and O–H groups in total. The average molecular weight is 350 g/mol. The van der Waals surface area contributed by atoms with Gasteiger partial charge in [0.05, 0.1) is 12.1 Å². The molecule has 0 atom stereocenters. The number of amides is 1. The summed E-state index contributed by atoms with van der Waals surface area (Å²) in [5.41, 5.74) is 1.95. The van der Waals surface area contributed by atoms with Gasteiger partial charge in [0.2, 0.25) is 0 Å². The number of anilines is 1. The van der Waals surface area contributed by atoms with Crippen LogP contribution in [0.3, 0.4) is 0 Å². The third-order valence-corrected chi connectivity index (χ3v) is 4.25. The Labute approximate surface area is 144 Å². The second-order valence-electron chi connectivity index (χ2n) is 5.51. The fourth-order valence-corrected chi connectivity index (χ4v) is 2.99. The van der Waals surface area contributed by atoms with Gasteiger partial charge in [0.15, 0.2) is 6.61 Å². The van der Waals surface area contributed by atoms with Gasteiger partial charge in [-0.3, -0.25) is 4.79 Å². The van der Waals surface area contributed by atoms with E-state index in [-0.39, 0.29) is 17.5 Å². The molecule has 0 radical (unpaired) electrons. The smallest absolute Gasteiger partial charge is 0.264 e. The molecule has 1 heterocycles. The Morgan fingerprint density at radius 1 is 1.29 bits per heavy atom. The first-order valence-corrected chi connectivity index (χ1v) is 8.01. The zero-order valence-corrected chi connectivity index (χ0v) is 14.0. The number of fused-ring (bicyclic) bond motifs is 1. The standard InChI is InChI=1S/C18H17ClFNO3/c1-23-14-5-6-16-12(9-14)3-2-8-21(16)18(22)11-24-17-7-4-13(20)10-15(17)19/h4-7,9-10H,2-3,8,11H2,1H3. The summed E-state index contributed by atoms with van der Waals surface area (Å²) in [5.74, 6) is 0.454. The highest BCUT2D eigenvalue weighted by Crippen LogP contribution is 2.31. The van der Waals surface area contributed by atoms with Crippen LogP contribution in [0.5, 0.6) is 11.5 Å². The van der Waals surface area contributed by atoms with Gasteiger partial charge in [-0.1, -0.05) is 11.6 Å². The van der Waals surface area contributed by atoms with Crippen molar-refractivity contribution < 1.29 is 18.7 Å². The third kappa shape index (κ3) is 3.46. The molecule has 1 aliphatic rings. The lowest BCUT2D eigenvalue weighted by Crippen LogP contribution is -2.38. The van der Waals surface area contributed by atoms with Crippen molar-refractivity contribution in [3.05, 3.63) is 52.8 Å². The van der Waals surface area contributed by atoms with E-state index in [9.17, 15) is 9.18 Å². The molecule has 0 aliphatic carbocycles. The normalized spacial score (nSPS) is 13.4. The highest BCUT2D eigenvalue weighted by molar-refractivity contribution is 6.32. The first-order chi connectivity index (χ1) is 11.6. The Hall–Kier alpha value is -2.27. The fourth-order valence-electron chi connectivity index (χ4n) is 2.77. The van der Waals surface area contributed by atoms with Crippen LogP contribution in [0.15, 0.2) is 36.4 Å². The van der Waals surface area contributed by atoms with Gasteiger partial charge in [0, 0.05) is 12.2 Å². The summed E-state index contributed by atoms with van der Waals surface area (Å²) in [6.45, 7) is 0.482. The van der Waals surface area contributed by atoms with Gasteiger partial charge in [0.25, 0.3) is 5.91 Å². The summed E-state index contributed by atoms with van der Waals surface area (Å²) in [6.07, 6.45) is 1.78. The number of methoxy groups -OCH3 is 1. The average Bonchev–Trinajstić information content (AvgIpc) is 2.59. The van der Waals surface area contributed by atoms with Crippen molar-refractivity contribution in [2.45, 2.75) is 12.8 Å². The lowest BCUT2D eigenvalue weighted by molar-refractivity contribution is -0.120. The van der Waals surface area contributed by atoms with E-state index in [2.05, 4.69) is 0 Å². The zero-order valence-electron chi connectivity index (χ0n) is 13.2. The molecule has 0 saturated heterocycles. The Kier molecular flexibility index (Phi) is 4.90. The van der Waals surface area contributed by atoms with Crippen molar-refractivity contribution in [2.75, 3.05) is 25.2 Å². The van der Waals surface area contributed by atoms with Crippen LogP contribution in [-0.2, 0) is 11.2 Å². The zero-order chi connectivity index (χ0) is 17.1. The van der Waals surface area contributed by atoms with E-state index in [1.54, 1.807) is 12.0 Å². The van der Waals surface area contributed by atoms with E-state index >= 15 is 0 Å². The molecule has 6 heteroatoms. The molecule has 24 heavy (non-hydrogen) atoms. The third-order valence-electron chi connectivity index (χ3n) is 3.95. The van der Waals surface area contributed by atoms with E-state index in [1.807, 2.05) is 18.2 Å². The molecule has 3 rings (SSSR count). The highest BCUT2D eigenvalue weighted by Gasteiger charge is 2.23. The molecular formula is C18H17ClFNO3. The summed E-state index contributed by atoms with van der Waals surface area (Å²) in [7, 11) is 1.62. The Balaban J connectivity index is 1.72. The summed E-state index contributed by atoms with van der Waals surface area (Å²) in [4.78, 5) is 14.2. The molecule has 1 amide bonds. The van der Waals surface area contributed by atoms with Gasteiger partial charge >= 0.3 is 0 Å². The monoisotopic (exact) mass is 349 g/mol. The number of carbonyl (C=O) groups excluding carboxylic acids is 1. The fraction of sp³-hybridized carbons (Fsp3) is 0.278. The van der Waals surface area contributed by atoms with Gasteiger partial charge in [-0.2, -0.15) is 0 Å². The largest absolute Gasteiger partial charge is 0.497 e. The van der Waals surface area contributed by atoms with Crippen molar-refractivity contribution in [1.29, 1.82) is 0 Å². The van der Waals surface area contributed by atoms with Crippen LogP contribution in [-0.4, -0.2) is 26.2 Å². The van der Waals surface area contributed by atoms with E-state index in [1.165, 1.54) is 12.1 Å². The Morgan fingerprint density at radius 3 is 2.88 bits per heavy atom. The Bertz CT molecular complexity index is 766. The topological polar surface area (TPSA) is 38.8 Å². The minimum Gasteiger partial charge on any atom is -0.497 e. The molecule has 0 aromatic heterocycles. The Morgan fingerprint density at radius 2 is 2.12 bits per heavy atom. The van der Waals surface area contributed by atoms with Gasteiger partial charge in [0.1, 0.15) is 17.3 Å². The SMILES string of the molecule is COc1ccc2c(c1)CCCN2C(=O)COc1ccc(F)cc1Cl. The number of nitrogens with zero attached hydrogens (tertiary/aromatic N) is 1. The minimum atomic E-state index is -0.447. The maximum absolute atomic E-state index is 13.0. The number of hydrogen-bond acceptors (Lipinski definition) is 3. The van der Waals surface area contributed by atoms with Crippen LogP contribution in [0.2, 0.25) is 5.02 Å². The second kappa shape index (κ2) is 7.09. The molecule has 1 aliphatic heterocycles. The van der Waals surface area contributed by atoms with Crippen LogP contribution < -0.4 is 14.4 Å². The van der Waals surface area contributed by atoms with E-state index in [4.69, 9.17) is 21.1 Å². The maximum Gasteiger partial charge on any atom is 0.264 e. The van der Waals surface area contributed by atoms with Crippen LogP contribution in [0, 0.1) is 5.82 Å². The number of rotatable bonds is 4. The molecule has 0 unspecified atom stereocenters. The van der Waals surface area contributed by atoms with Crippen LogP contribution in [0.25, 0.3) is 0 Å². The first kappa shape index (κ1) is 16.6. The van der Waals surface area contributed by atoms with Crippen LogP contribution in [0.1, 0.15) is 12.0 Å². The second-order valence-corrected chi connectivity index (χ2v) is 5.91. The number of hydrogen-bond donors (Lipinski definition) is 0. The summed E-state index contributed by atoms with van der Waals surface area (Å²) in [6, 6.07) is 9.49. The van der Waals surface area contributed by atoms with E-state index in [0.29, 0.717) is 12.3 Å². The molecule has 126 valence electrons. The minimum absolute atomic E-state index is 0.145. The molecule has 4 nitrogen and oxygen atoms in total. The molecular weight excluding hydrogens is 333 g/mol. The molecule has 2 aromatic carbocycles. The number of aryl methyl sites for hydroxylation is 1. The van der Waals surface area contributed by atoms with E-state index < -0.39 is 5.82 Å². The van der Waals surface area contributed by atoms with Crippen molar-refractivity contribution in [3.8, 4) is 11.5 Å². The predicted octanol–water partition coefficient (Wildman–Crippen LogP) is 3.85. The van der Waals surface area contributed by atoms with Crippen LogP contribution in [0.4, 0.5) is 10.1 Å². The molecule has 0 fully saturated rings. The molecule has 0 bridgehead atoms. The lowest BCUT2D eigenvalue weighted by Gasteiger charge is -2.29. The van der Waals surface area contributed by atoms with Crippen molar-refractivity contribution >= 4 is 23.2 Å². The van der Waals surface area contributed by atoms with Crippen molar-refractivity contribution in [2.24, 2.45) is 0 Å². The summed E-state index contributed by atoms with van der Waals surface area (Å²) >= 11 is 5.91. The summed E-state index contributed by atoms with van der Waals surface area (Å²) in [5, 5.41) is 0.145. The number of ether oxygens (including phenoxy) is 2. The molecule has 0 saturated carbocycles. The summed E-state index contributed by atoms with van der Waals surface area (Å²) < 4.78 is 23.7. The highest BCUT2D eigenvalue weighted by atomic mass is 35.5. The van der Waals surface area contributed by atoms with Gasteiger partial charge < -0.3 is 14.4 Å². The quantitative estimate of drug-likeness (QED) is 0.841.